The molecule has 102 valence electrons. The van der Waals surface area contributed by atoms with Gasteiger partial charge in [0.05, 0.1) is 5.56 Å². The van der Waals surface area contributed by atoms with Crippen molar-refractivity contribution in [1.82, 2.24) is 14.5 Å². The molecule has 0 bridgehead atoms. The van der Waals surface area contributed by atoms with E-state index in [2.05, 4.69) is 16.9 Å². The van der Waals surface area contributed by atoms with E-state index in [0.717, 1.165) is 24.1 Å². The van der Waals surface area contributed by atoms with E-state index in [4.69, 9.17) is 5.73 Å². The average molecular weight is 270 g/mol. The largest absolute Gasteiger partial charge is 0.399 e. The van der Waals surface area contributed by atoms with Crippen LogP contribution in [0.25, 0.3) is 22.6 Å². The van der Waals surface area contributed by atoms with E-state index in [1.54, 1.807) is 18.3 Å². The molecule has 3 rings (SSSR count). The lowest BCUT2D eigenvalue weighted by atomic mass is 10.2. The molecule has 0 unspecified atom stereocenters. The van der Waals surface area contributed by atoms with Crippen molar-refractivity contribution in [3.8, 4) is 11.4 Å². The Bertz CT molecular complexity index is 764. The molecule has 0 saturated heterocycles. The van der Waals surface area contributed by atoms with Gasteiger partial charge in [-0.3, -0.25) is 0 Å². The summed E-state index contributed by atoms with van der Waals surface area (Å²) in [5, 5.41) is 0. The van der Waals surface area contributed by atoms with Gasteiger partial charge in [0.2, 0.25) is 0 Å². The molecule has 0 radical (unpaired) electrons. The minimum absolute atomic E-state index is 0.363. The predicted octanol–water partition coefficient (Wildman–Crippen LogP) is 3.23. The fourth-order valence-corrected chi connectivity index (χ4v) is 2.31. The Morgan fingerprint density at radius 1 is 1.30 bits per heavy atom. The zero-order chi connectivity index (χ0) is 14.1. The molecular formula is C15H15FN4. The van der Waals surface area contributed by atoms with Crippen LogP contribution in [0, 0.1) is 5.82 Å². The Labute approximate surface area is 116 Å². The number of anilines is 1. The molecule has 3 aromatic rings. The number of halogens is 1. The summed E-state index contributed by atoms with van der Waals surface area (Å²) in [6.45, 7) is 2.81. The highest BCUT2D eigenvalue weighted by Crippen LogP contribution is 2.27. The van der Waals surface area contributed by atoms with Crippen LogP contribution in [0.3, 0.4) is 0 Å². The number of nitrogens with zero attached hydrogens (tertiary/aromatic N) is 3. The van der Waals surface area contributed by atoms with Gasteiger partial charge < -0.3 is 10.3 Å². The summed E-state index contributed by atoms with van der Waals surface area (Å²) < 4.78 is 16.1. The lowest BCUT2D eigenvalue weighted by molar-refractivity contribution is 0.626. The maximum absolute atomic E-state index is 14.1. The molecule has 2 N–H and O–H groups in total. The van der Waals surface area contributed by atoms with Crippen molar-refractivity contribution < 1.29 is 4.39 Å². The van der Waals surface area contributed by atoms with E-state index in [9.17, 15) is 4.39 Å². The second-order valence-corrected chi connectivity index (χ2v) is 4.67. The first-order chi connectivity index (χ1) is 9.70. The van der Waals surface area contributed by atoms with Crippen molar-refractivity contribution in [2.75, 3.05) is 5.73 Å². The van der Waals surface area contributed by atoms with Crippen molar-refractivity contribution in [2.45, 2.75) is 19.9 Å². The van der Waals surface area contributed by atoms with Gasteiger partial charge in [-0.2, -0.15) is 0 Å². The van der Waals surface area contributed by atoms with E-state index in [1.165, 1.54) is 6.07 Å². The van der Waals surface area contributed by atoms with Gasteiger partial charge in [-0.05, 0) is 36.8 Å². The number of nitrogen functional groups attached to an aromatic ring is 1. The topological polar surface area (TPSA) is 56.7 Å². The number of benzene rings is 1. The number of imidazole rings is 1. The molecule has 20 heavy (non-hydrogen) atoms. The third-order valence-electron chi connectivity index (χ3n) is 3.19. The lowest BCUT2D eigenvalue weighted by Crippen LogP contribution is -2.02. The van der Waals surface area contributed by atoms with E-state index in [-0.39, 0.29) is 5.82 Å². The smallest absolute Gasteiger partial charge is 0.160 e. The van der Waals surface area contributed by atoms with Gasteiger partial charge in [-0.25, -0.2) is 14.4 Å². The summed E-state index contributed by atoms with van der Waals surface area (Å²) in [5.41, 5.74) is 8.00. The summed E-state index contributed by atoms with van der Waals surface area (Å²) in [6, 6.07) is 8.37. The van der Waals surface area contributed by atoms with Crippen LogP contribution in [0.15, 0.2) is 36.5 Å². The number of hydrogen-bond donors (Lipinski definition) is 1. The number of rotatable bonds is 3. The third-order valence-corrected chi connectivity index (χ3v) is 3.19. The maximum Gasteiger partial charge on any atom is 0.160 e. The summed E-state index contributed by atoms with van der Waals surface area (Å²) in [5.74, 6) is 0.232. The minimum atomic E-state index is -0.363. The Hall–Kier alpha value is -2.43. The van der Waals surface area contributed by atoms with Gasteiger partial charge in [0, 0.05) is 18.4 Å². The van der Waals surface area contributed by atoms with E-state index >= 15 is 0 Å². The standard InChI is InChI=1S/C15H15FN4/c1-2-8-20-14(11-6-5-10(17)9-12(11)16)19-13-4-3-7-18-15(13)20/h3-7,9H,2,8,17H2,1H3. The number of nitrogens with two attached hydrogens (primary N) is 1. The molecule has 0 amide bonds. The van der Waals surface area contributed by atoms with Crippen molar-refractivity contribution in [2.24, 2.45) is 0 Å². The molecule has 0 aliphatic rings. The Kier molecular flexibility index (Phi) is 3.10. The normalized spacial score (nSPS) is 11.1. The monoisotopic (exact) mass is 270 g/mol. The van der Waals surface area contributed by atoms with Gasteiger partial charge in [0.1, 0.15) is 17.2 Å². The predicted molar refractivity (Wildman–Crippen MR) is 77.6 cm³/mol. The molecule has 5 heteroatoms. The first-order valence-corrected chi connectivity index (χ1v) is 6.57. The van der Waals surface area contributed by atoms with E-state index < -0.39 is 0 Å². The van der Waals surface area contributed by atoms with Crippen molar-refractivity contribution >= 4 is 16.9 Å². The van der Waals surface area contributed by atoms with Crippen LogP contribution in [0.2, 0.25) is 0 Å². The molecule has 2 aromatic heterocycles. The molecule has 0 aliphatic heterocycles. The Morgan fingerprint density at radius 3 is 2.90 bits per heavy atom. The number of pyridine rings is 1. The lowest BCUT2D eigenvalue weighted by Gasteiger charge is -2.08. The first kappa shape index (κ1) is 12.6. The van der Waals surface area contributed by atoms with Crippen LogP contribution >= 0.6 is 0 Å². The minimum Gasteiger partial charge on any atom is -0.399 e. The quantitative estimate of drug-likeness (QED) is 0.743. The summed E-state index contributed by atoms with van der Waals surface area (Å²) in [4.78, 5) is 8.86. The van der Waals surface area contributed by atoms with Crippen LogP contribution < -0.4 is 5.73 Å². The van der Waals surface area contributed by atoms with E-state index in [0.29, 0.717) is 17.1 Å². The summed E-state index contributed by atoms with van der Waals surface area (Å²) in [6.07, 6.45) is 2.64. The van der Waals surface area contributed by atoms with Crippen molar-refractivity contribution in [3.05, 3.63) is 42.3 Å². The average Bonchev–Trinajstić information content (AvgIpc) is 2.78. The number of aromatic nitrogens is 3. The number of hydrogen-bond acceptors (Lipinski definition) is 3. The zero-order valence-electron chi connectivity index (χ0n) is 11.2. The van der Waals surface area contributed by atoms with Gasteiger partial charge in [0.15, 0.2) is 5.65 Å². The fraction of sp³-hybridized carbons (Fsp3) is 0.200. The Balaban J connectivity index is 2.26. The highest BCUT2D eigenvalue weighted by atomic mass is 19.1. The van der Waals surface area contributed by atoms with E-state index in [1.807, 2.05) is 16.7 Å². The molecule has 0 fully saturated rings. The van der Waals surface area contributed by atoms with Gasteiger partial charge in [0.25, 0.3) is 0 Å². The molecule has 2 heterocycles. The van der Waals surface area contributed by atoms with Crippen LogP contribution in [-0.2, 0) is 6.54 Å². The molecule has 1 aromatic carbocycles. The second-order valence-electron chi connectivity index (χ2n) is 4.67. The molecule has 0 aliphatic carbocycles. The van der Waals surface area contributed by atoms with Crippen LogP contribution in [0.5, 0.6) is 0 Å². The summed E-state index contributed by atoms with van der Waals surface area (Å²) in [7, 11) is 0. The molecular weight excluding hydrogens is 255 g/mol. The maximum atomic E-state index is 14.1. The van der Waals surface area contributed by atoms with Gasteiger partial charge in [-0.1, -0.05) is 6.92 Å². The van der Waals surface area contributed by atoms with Gasteiger partial charge in [-0.15, -0.1) is 0 Å². The van der Waals surface area contributed by atoms with Crippen molar-refractivity contribution in [3.63, 3.8) is 0 Å². The molecule has 0 saturated carbocycles. The van der Waals surface area contributed by atoms with Crippen LogP contribution in [0.4, 0.5) is 10.1 Å². The molecule has 0 atom stereocenters. The first-order valence-electron chi connectivity index (χ1n) is 6.57. The van der Waals surface area contributed by atoms with Crippen LogP contribution in [-0.4, -0.2) is 14.5 Å². The highest BCUT2D eigenvalue weighted by Gasteiger charge is 2.16. The van der Waals surface area contributed by atoms with Crippen LogP contribution in [0.1, 0.15) is 13.3 Å². The number of aryl methyl sites for hydroxylation is 1. The SMILES string of the molecule is CCCn1c(-c2ccc(N)cc2F)nc2cccnc21. The van der Waals surface area contributed by atoms with Gasteiger partial charge >= 0.3 is 0 Å². The summed E-state index contributed by atoms with van der Waals surface area (Å²) >= 11 is 0. The molecule has 0 spiro atoms. The third kappa shape index (κ3) is 2.01. The van der Waals surface area contributed by atoms with Crippen molar-refractivity contribution in [1.29, 1.82) is 0 Å². The molecule has 4 nitrogen and oxygen atoms in total. The number of fused-ring (bicyclic) bond motifs is 1. The highest BCUT2D eigenvalue weighted by molar-refractivity contribution is 5.77. The fourth-order valence-electron chi connectivity index (χ4n) is 2.31. The zero-order valence-corrected chi connectivity index (χ0v) is 11.2. The Morgan fingerprint density at radius 2 is 2.15 bits per heavy atom. The second kappa shape index (κ2) is 4.92.